The molecular weight excluding hydrogens is 248 g/mol. The number of rotatable bonds is 0. The second-order valence-electron chi connectivity index (χ2n) is 7.41. The normalized spacial score (nSPS) is 42.2. The largest absolute Gasteiger partial charge is 0.289 e. The Morgan fingerprint density at radius 1 is 0.450 bits per heavy atom. The average molecular weight is 268 g/mol. The molecule has 0 aromatic rings. The number of allylic oxidation sites excluding steroid dienone is 4. The molecule has 2 nitrogen and oxygen atoms in total. The Morgan fingerprint density at radius 2 is 0.650 bits per heavy atom. The summed E-state index contributed by atoms with van der Waals surface area (Å²) in [4.78, 5) is 26.1. The molecule has 20 heavy (non-hydrogen) atoms. The monoisotopic (exact) mass is 268 g/mol. The van der Waals surface area contributed by atoms with Crippen LogP contribution in [0, 0.1) is 23.7 Å². The Kier molecular flexibility index (Phi) is 2.13. The molecule has 0 saturated heterocycles. The van der Waals surface area contributed by atoms with Gasteiger partial charge in [0.05, 0.1) is 0 Å². The minimum Gasteiger partial charge on any atom is -0.289 e. The fraction of sp³-hybridized carbons (Fsp3) is 0.667. The van der Waals surface area contributed by atoms with Crippen LogP contribution < -0.4 is 0 Å². The van der Waals surface area contributed by atoms with Gasteiger partial charge in [0.2, 0.25) is 0 Å². The summed E-state index contributed by atoms with van der Waals surface area (Å²) in [5.74, 6) is 2.22. The molecule has 2 fully saturated rings. The number of fused-ring (bicyclic) bond motifs is 4. The van der Waals surface area contributed by atoms with Crippen LogP contribution in [0.25, 0.3) is 0 Å². The molecule has 0 aromatic carbocycles. The fourth-order valence-corrected chi connectivity index (χ4v) is 5.74. The van der Waals surface area contributed by atoms with Crippen molar-refractivity contribution < 1.29 is 9.59 Å². The van der Waals surface area contributed by atoms with Gasteiger partial charge in [-0.25, -0.2) is 0 Å². The molecule has 7 aliphatic carbocycles. The molecule has 2 heteroatoms. The molecule has 7 rings (SSSR count). The molecule has 0 spiro atoms. The summed E-state index contributed by atoms with van der Waals surface area (Å²) < 4.78 is 0. The molecule has 0 N–H and O–H groups in total. The van der Waals surface area contributed by atoms with Gasteiger partial charge < -0.3 is 0 Å². The number of Topliss-reactive ketones (excluding diaryl/α,β-unsaturated/α-hetero) is 2. The molecule has 4 bridgehead atoms. The summed E-state index contributed by atoms with van der Waals surface area (Å²) in [6.07, 6.45) is 9.10. The maximum atomic E-state index is 13.1. The van der Waals surface area contributed by atoms with Crippen molar-refractivity contribution in [1.29, 1.82) is 0 Å². The van der Waals surface area contributed by atoms with Crippen LogP contribution in [0.4, 0.5) is 0 Å². The lowest BCUT2D eigenvalue weighted by molar-refractivity contribution is -0.120. The average Bonchev–Trinajstić information content (AvgIpc) is 2.53. The van der Waals surface area contributed by atoms with Gasteiger partial charge in [-0.05, 0) is 75.0 Å². The van der Waals surface area contributed by atoms with Gasteiger partial charge in [-0.2, -0.15) is 0 Å². The number of hydrogen-bond donors (Lipinski definition) is 0. The van der Waals surface area contributed by atoms with Crippen molar-refractivity contribution in [2.24, 2.45) is 23.7 Å². The van der Waals surface area contributed by atoms with Crippen LogP contribution in [0.2, 0.25) is 0 Å². The second kappa shape index (κ2) is 3.72. The molecule has 0 aromatic heterocycles. The van der Waals surface area contributed by atoms with E-state index in [1.165, 1.54) is 0 Å². The van der Waals surface area contributed by atoms with E-state index in [-0.39, 0.29) is 0 Å². The number of hydrogen-bond acceptors (Lipinski definition) is 2. The van der Waals surface area contributed by atoms with E-state index in [4.69, 9.17) is 0 Å². The van der Waals surface area contributed by atoms with Gasteiger partial charge in [0.15, 0.2) is 11.6 Å². The number of carbonyl (C=O) groups is 2. The Labute approximate surface area is 119 Å². The Balaban J connectivity index is 1.72. The summed E-state index contributed by atoms with van der Waals surface area (Å²) in [5, 5.41) is 0. The lowest BCUT2D eigenvalue weighted by atomic mass is 9.55. The number of carbonyl (C=O) groups excluding carboxylic acids is 2. The Bertz CT molecular complexity index is 489. The van der Waals surface area contributed by atoms with Crippen molar-refractivity contribution >= 4 is 11.6 Å². The van der Waals surface area contributed by atoms with E-state index in [2.05, 4.69) is 0 Å². The van der Waals surface area contributed by atoms with E-state index in [1.54, 1.807) is 0 Å². The molecule has 7 aliphatic rings. The quantitative estimate of drug-likeness (QED) is 0.631. The smallest absolute Gasteiger partial charge is 0.186 e. The lowest BCUT2D eigenvalue weighted by Gasteiger charge is -2.47. The van der Waals surface area contributed by atoms with Gasteiger partial charge in [0, 0.05) is 22.3 Å². The predicted molar refractivity (Wildman–Crippen MR) is 75.0 cm³/mol. The molecule has 0 radical (unpaired) electrons. The third kappa shape index (κ3) is 1.22. The first-order valence-electron chi connectivity index (χ1n) is 8.33. The first-order valence-corrected chi connectivity index (χ1v) is 8.33. The molecular formula is C18H20O2. The molecule has 0 atom stereocenters. The zero-order valence-corrected chi connectivity index (χ0v) is 11.8. The van der Waals surface area contributed by atoms with Crippen LogP contribution >= 0.6 is 0 Å². The maximum absolute atomic E-state index is 13.1. The summed E-state index contributed by atoms with van der Waals surface area (Å²) >= 11 is 0. The van der Waals surface area contributed by atoms with E-state index < -0.39 is 0 Å². The fourth-order valence-electron chi connectivity index (χ4n) is 5.74. The molecule has 0 amide bonds. The first-order chi connectivity index (χ1) is 9.75. The van der Waals surface area contributed by atoms with E-state index in [1.807, 2.05) is 0 Å². The van der Waals surface area contributed by atoms with Crippen LogP contribution in [-0.2, 0) is 9.59 Å². The van der Waals surface area contributed by atoms with Crippen LogP contribution in [0.5, 0.6) is 0 Å². The highest BCUT2D eigenvalue weighted by Gasteiger charge is 2.51. The summed E-state index contributed by atoms with van der Waals surface area (Å²) in [5.41, 5.74) is 3.90. The van der Waals surface area contributed by atoms with Gasteiger partial charge in [-0.3, -0.25) is 9.59 Å². The molecule has 104 valence electrons. The van der Waals surface area contributed by atoms with Crippen LogP contribution in [0.3, 0.4) is 0 Å². The van der Waals surface area contributed by atoms with Crippen molar-refractivity contribution in [2.75, 3.05) is 0 Å². The topological polar surface area (TPSA) is 34.1 Å². The lowest BCUT2D eigenvalue weighted by Crippen LogP contribution is -2.44. The molecule has 2 saturated carbocycles. The second-order valence-corrected chi connectivity index (χ2v) is 7.41. The van der Waals surface area contributed by atoms with E-state index in [9.17, 15) is 9.59 Å². The first kappa shape index (κ1) is 11.5. The van der Waals surface area contributed by atoms with Crippen molar-refractivity contribution in [3.05, 3.63) is 22.3 Å². The Hall–Kier alpha value is -1.18. The van der Waals surface area contributed by atoms with Crippen molar-refractivity contribution in [2.45, 2.75) is 51.4 Å². The van der Waals surface area contributed by atoms with E-state index >= 15 is 0 Å². The van der Waals surface area contributed by atoms with Gasteiger partial charge in [0.1, 0.15) is 0 Å². The summed E-state index contributed by atoms with van der Waals surface area (Å²) in [6, 6.07) is 0. The highest BCUT2D eigenvalue weighted by atomic mass is 16.1. The van der Waals surface area contributed by atoms with Gasteiger partial charge >= 0.3 is 0 Å². The van der Waals surface area contributed by atoms with Gasteiger partial charge in [-0.15, -0.1) is 0 Å². The predicted octanol–water partition coefficient (Wildman–Crippen LogP) is 3.37. The standard InChI is InChI=1S/C18H20O2/c19-17-13-9-1-2-10(4-3-9)14(13)18(20)16-12-7-5-11(6-8-12)15(16)17/h9-12H,1-8H2. The van der Waals surface area contributed by atoms with Crippen LogP contribution in [0.15, 0.2) is 22.3 Å². The van der Waals surface area contributed by atoms with Crippen LogP contribution in [0.1, 0.15) is 51.4 Å². The molecule has 0 unspecified atom stereocenters. The number of ketones is 2. The third-order valence-electron chi connectivity index (χ3n) is 6.65. The molecule has 0 aliphatic heterocycles. The van der Waals surface area contributed by atoms with Crippen molar-refractivity contribution in [3.63, 3.8) is 0 Å². The van der Waals surface area contributed by atoms with Gasteiger partial charge in [-0.1, -0.05) is 0 Å². The highest BCUT2D eigenvalue weighted by molar-refractivity contribution is 6.26. The Morgan fingerprint density at radius 3 is 0.850 bits per heavy atom. The highest BCUT2D eigenvalue weighted by Crippen LogP contribution is 2.55. The third-order valence-corrected chi connectivity index (χ3v) is 6.65. The minimum absolute atomic E-state index is 0.304. The summed E-state index contributed by atoms with van der Waals surface area (Å²) in [6.45, 7) is 0. The maximum Gasteiger partial charge on any atom is 0.186 e. The summed E-state index contributed by atoms with van der Waals surface area (Å²) in [7, 11) is 0. The van der Waals surface area contributed by atoms with E-state index in [0.717, 1.165) is 73.7 Å². The van der Waals surface area contributed by atoms with Gasteiger partial charge in [0.25, 0.3) is 0 Å². The zero-order chi connectivity index (χ0) is 13.4. The minimum atomic E-state index is 0.304. The zero-order valence-electron chi connectivity index (χ0n) is 11.8. The molecule has 0 heterocycles. The van der Waals surface area contributed by atoms with Crippen LogP contribution in [-0.4, -0.2) is 11.6 Å². The SMILES string of the molecule is O=C1C2=C(C(=O)C3=C1C1CCC3CC1)C1CCC2CC1. The van der Waals surface area contributed by atoms with Crippen molar-refractivity contribution in [1.82, 2.24) is 0 Å². The van der Waals surface area contributed by atoms with E-state index in [0.29, 0.717) is 35.2 Å². The van der Waals surface area contributed by atoms with Crippen molar-refractivity contribution in [3.8, 4) is 0 Å².